The van der Waals surface area contributed by atoms with Gasteiger partial charge in [-0.05, 0) is 6.07 Å². The van der Waals surface area contributed by atoms with E-state index in [0.29, 0.717) is 0 Å². The summed E-state index contributed by atoms with van der Waals surface area (Å²) in [6.07, 6.45) is 0. The van der Waals surface area contributed by atoms with Crippen LogP contribution >= 0.6 is 11.3 Å². The summed E-state index contributed by atoms with van der Waals surface area (Å²) in [5, 5.41) is 14.1. The molecular formula is C10H9NO2S. The zero-order chi connectivity index (χ0) is 9.97. The maximum atomic E-state index is 11.0. The predicted octanol–water partition coefficient (Wildman–Crippen LogP) is 1.83. The number of aliphatic hydroxyl groups excluding tert-OH is 1. The van der Waals surface area contributed by atoms with Gasteiger partial charge in [0.2, 0.25) is 5.91 Å². The third kappa shape index (κ3) is 1.62. The Hall–Kier alpha value is -1.39. The van der Waals surface area contributed by atoms with Crippen LogP contribution in [0.25, 0.3) is 10.1 Å². The van der Waals surface area contributed by atoms with Crippen molar-refractivity contribution < 1.29 is 9.90 Å². The molecule has 0 aliphatic carbocycles. The van der Waals surface area contributed by atoms with Crippen LogP contribution in [0.15, 0.2) is 29.6 Å². The fraction of sp³-hybridized carbons (Fsp3) is 0.100. The molecule has 0 saturated carbocycles. The average Bonchev–Trinajstić information content (AvgIpc) is 2.62. The van der Waals surface area contributed by atoms with E-state index in [1.165, 1.54) is 0 Å². The largest absolute Gasteiger partial charge is 0.387 e. The number of carbonyl (C=O) groups excluding carboxylic acids is 1. The Morgan fingerprint density at radius 1 is 1.43 bits per heavy atom. The summed E-state index contributed by atoms with van der Waals surface area (Å²) in [6.45, 7) is -0.482. The maximum absolute atomic E-state index is 11.0. The fourth-order valence-electron chi connectivity index (χ4n) is 1.26. The molecule has 1 aromatic carbocycles. The molecule has 4 heteroatoms. The summed E-state index contributed by atoms with van der Waals surface area (Å²) in [5.74, 6) is -0.381. The minimum atomic E-state index is -0.482. The summed E-state index contributed by atoms with van der Waals surface area (Å²) >= 11 is 1.57. The van der Waals surface area contributed by atoms with Gasteiger partial charge >= 0.3 is 0 Å². The Labute approximate surface area is 85.0 Å². The molecule has 0 aliphatic heterocycles. The molecule has 0 bridgehead atoms. The molecule has 2 rings (SSSR count). The zero-order valence-electron chi connectivity index (χ0n) is 7.36. The van der Waals surface area contributed by atoms with Crippen LogP contribution in [0.2, 0.25) is 0 Å². The molecular weight excluding hydrogens is 198 g/mol. The number of carbonyl (C=O) groups is 1. The Morgan fingerprint density at radius 2 is 2.21 bits per heavy atom. The molecule has 0 atom stereocenters. The van der Waals surface area contributed by atoms with E-state index in [1.54, 1.807) is 11.3 Å². The Balaban J connectivity index is 2.38. The number of thiophene rings is 1. The second-order valence-corrected chi connectivity index (χ2v) is 3.76. The molecule has 2 aromatic rings. The zero-order valence-corrected chi connectivity index (χ0v) is 8.17. The molecule has 0 radical (unpaired) electrons. The van der Waals surface area contributed by atoms with E-state index in [9.17, 15) is 4.79 Å². The van der Waals surface area contributed by atoms with E-state index in [-0.39, 0.29) is 5.91 Å². The van der Waals surface area contributed by atoms with Gasteiger partial charge in [0.05, 0.1) is 5.69 Å². The summed E-state index contributed by atoms with van der Waals surface area (Å²) in [6, 6.07) is 7.81. The van der Waals surface area contributed by atoms with Gasteiger partial charge in [-0.2, -0.15) is 0 Å². The monoisotopic (exact) mass is 207 g/mol. The van der Waals surface area contributed by atoms with Crippen LogP contribution in [-0.4, -0.2) is 17.6 Å². The third-order valence-corrected chi connectivity index (χ3v) is 2.86. The van der Waals surface area contributed by atoms with E-state index >= 15 is 0 Å². The summed E-state index contributed by atoms with van der Waals surface area (Å²) in [5.41, 5.74) is 0.768. The molecule has 1 aromatic heterocycles. The first kappa shape index (κ1) is 9.18. The minimum Gasteiger partial charge on any atom is -0.387 e. The lowest BCUT2D eigenvalue weighted by molar-refractivity contribution is -0.118. The molecule has 1 heterocycles. The molecule has 72 valence electrons. The van der Waals surface area contributed by atoms with Crippen LogP contribution in [0.1, 0.15) is 0 Å². The third-order valence-electron chi connectivity index (χ3n) is 1.90. The predicted molar refractivity (Wildman–Crippen MR) is 57.5 cm³/mol. The van der Waals surface area contributed by atoms with E-state index in [4.69, 9.17) is 5.11 Å². The van der Waals surface area contributed by atoms with Crippen molar-refractivity contribution >= 4 is 33.0 Å². The van der Waals surface area contributed by atoms with Crippen molar-refractivity contribution in [2.24, 2.45) is 0 Å². The first-order valence-electron chi connectivity index (χ1n) is 4.18. The van der Waals surface area contributed by atoms with Crippen LogP contribution in [-0.2, 0) is 4.79 Å². The number of amides is 1. The van der Waals surface area contributed by atoms with Crippen LogP contribution in [0, 0.1) is 0 Å². The second-order valence-electron chi connectivity index (χ2n) is 2.85. The number of aliphatic hydroxyl groups is 1. The van der Waals surface area contributed by atoms with Crippen molar-refractivity contribution in [3.8, 4) is 0 Å². The van der Waals surface area contributed by atoms with E-state index in [2.05, 4.69) is 5.32 Å². The highest BCUT2D eigenvalue weighted by molar-refractivity contribution is 7.17. The van der Waals surface area contributed by atoms with Gasteiger partial charge in [-0.15, -0.1) is 11.3 Å². The lowest BCUT2D eigenvalue weighted by Crippen LogP contribution is -2.14. The van der Waals surface area contributed by atoms with Gasteiger partial charge in [0.15, 0.2) is 0 Å². The Bertz CT molecular complexity index is 464. The van der Waals surface area contributed by atoms with Crippen molar-refractivity contribution in [1.82, 2.24) is 0 Å². The van der Waals surface area contributed by atoms with Crippen molar-refractivity contribution in [3.63, 3.8) is 0 Å². The van der Waals surface area contributed by atoms with E-state index in [0.717, 1.165) is 15.8 Å². The normalized spacial score (nSPS) is 10.4. The lowest BCUT2D eigenvalue weighted by Gasteiger charge is -1.99. The smallest absolute Gasteiger partial charge is 0.250 e. The van der Waals surface area contributed by atoms with Gasteiger partial charge in [-0.1, -0.05) is 18.2 Å². The molecule has 0 spiro atoms. The van der Waals surface area contributed by atoms with Gasteiger partial charge in [0.25, 0.3) is 0 Å². The summed E-state index contributed by atoms with van der Waals surface area (Å²) in [4.78, 5) is 11.0. The topological polar surface area (TPSA) is 49.3 Å². The van der Waals surface area contributed by atoms with Gasteiger partial charge in [0, 0.05) is 15.5 Å². The number of nitrogens with one attached hydrogen (secondary N) is 1. The Kier molecular flexibility index (Phi) is 2.47. The highest BCUT2D eigenvalue weighted by Crippen LogP contribution is 2.29. The summed E-state index contributed by atoms with van der Waals surface area (Å²) in [7, 11) is 0. The average molecular weight is 207 g/mol. The van der Waals surface area contributed by atoms with Crippen LogP contribution in [0.4, 0.5) is 5.69 Å². The van der Waals surface area contributed by atoms with E-state index in [1.807, 2.05) is 29.6 Å². The molecule has 0 unspecified atom stereocenters. The molecule has 3 nitrogen and oxygen atoms in total. The lowest BCUT2D eigenvalue weighted by atomic mass is 10.2. The number of hydrogen-bond acceptors (Lipinski definition) is 3. The van der Waals surface area contributed by atoms with Crippen molar-refractivity contribution in [3.05, 3.63) is 29.6 Å². The maximum Gasteiger partial charge on any atom is 0.250 e. The first-order chi connectivity index (χ1) is 6.81. The minimum absolute atomic E-state index is 0.381. The second kappa shape index (κ2) is 3.77. The molecule has 0 aliphatic rings. The van der Waals surface area contributed by atoms with Crippen molar-refractivity contribution in [1.29, 1.82) is 0 Å². The van der Waals surface area contributed by atoms with Crippen molar-refractivity contribution in [2.45, 2.75) is 0 Å². The SMILES string of the molecule is O=C(CO)Nc1csc2ccccc12. The van der Waals surface area contributed by atoms with Crippen LogP contribution < -0.4 is 5.32 Å². The first-order valence-corrected chi connectivity index (χ1v) is 5.06. The number of rotatable bonds is 2. The number of fused-ring (bicyclic) bond motifs is 1. The number of benzene rings is 1. The quantitative estimate of drug-likeness (QED) is 0.789. The highest BCUT2D eigenvalue weighted by Gasteiger charge is 2.05. The summed E-state index contributed by atoms with van der Waals surface area (Å²) < 4.78 is 1.13. The highest BCUT2D eigenvalue weighted by atomic mass is 32.1. The molecule has 2 N–H and O–H groups in total. The van der Waals surface area contributed by atoms with Gasteiger partial charge < -0.3 is 10.4 Å². The molecule has 14 heavy (non-hydrogen) atoms. The van der Waals surface area contributed by atoms with Crippen molar-refractivity contribution in [2.75, 3.05) is 11.9 Å². The van der Waals surface area contributed by atoms with Gasteiger partial charge in [-0.25, -0.2) is 0 Å². The van der Waals surface area contributed by atoms with Gasteiger partial charge in [0.1, 0.15) is 6.61 Å². The van der Waals surface area contributed by atoms with Crippen LogP contribution in [0.5, 0.6) is 0 Å². The Morgan fingerprint density at radius 3 is 3.00 bits per heavy atom. The van der Waals surface area contributed by atoms with Gasteiger partial charge in [-0.3, -0.25) is 4.79 Å². The molecule has 1 amide bonds. The van der Waals surface area contributed by atoms with E-state index < -0.39 is 6.61 Å². The molecule has 0 saturated heterocycles. The fourth-order valence-corrected chi connectivity index (χ4v) is 2.16. The number of hydrogen-bond donors (Lipinski definition) is 2. The standard InChI is InChI=1S/C10H9NO2S/c12-5-10(13)11-8-6-14-9-4-2-1-3-7(8)9/h1-4,6,12H,5H2,(H,11,13). The molecule has 0 fully saturated rings. The number of anilines is 1. The van der Waals surface area contributed by atoms with Crippen LogP contribution in [0.3, 0.4) is 0 Å².